The molecular formula is C20H31NO3. The van der Waals surface area contributed by atoms with E-state index in [2.05, 4.69) is 12.2 Å². The Labute approximate surface area is 145 Å². The number of carbonyl (C=O) groups excluding carboxylic acids is 1. The minimum absolute atomic E-state index is 0.0629. The van der Waals surface area contributed by atoms with Gasteiger partial charge in [0, 0.05) is 19.1 Å². The van der Waals surface area contributed by atoms with Gasteiger partial charge >= 0.3 is 0 Å². The maximum atomic E-state index is 12.3. The molecule has 4 atom stereocenters. The second-order valence-corrected chi connectivity index (χ2v) is 7.04. The summed E-state index contributed by atoms with van der Waals surface area (Å²) in [7, 11) is 0. The molecule has 2 N–H and O–H groups in total. The molecule has 0 aliphatic heterocycles. The Morgan fingerprint density at radius 3 is 2.75 bits per heavy atom. The first kappa shape index (κ1) is 18.9. The van der Waals surface area contributed by atoms with Crippen LogP contribution in [0.5, 0.6) is 0 Å². The molecule has 1 aromatic carbocycles. The van der Waals surface area contributed by atoms with E-state index in [0.717, 1.165) is 18.4 Å². The normalized spacial score (nSPS) is 23.5. The van der Waals surface area contributed by atoms with Crippen molar-refractivity contribution in [1.82, 2.24) is 5.32 Å². The molecule has 0 spiro atoms. The third kappa shape index (κ3) is 5.91. The first-order valence-corrected chi connectivity index (χ1v) is 9.19. The molecule has 1 aromatic rings. The van der Waals surface area contributed by atoms with E-state index in [9.17, 15) is 9.90 Å². The summed E-state index contributed by atoms with van der Waals surface area (Å²) in [5.74, 6) is 0.750. The van der Waals surface area contributed by atoms with E-state index < -0.39 is 6.10 Å². The molecule has 4 unspecified atom stereocenters. The lowest BCUT2D eigenvalue weighted by atomic mass is 9.88. The average Bonchev–Trinajstić information content (AvgIpc) is 2.59. The van der Waals surface area contributed by atoms with E-state index in [0.29, 0.717) is 18.9 Å². The Balaban J connectivity index is 1.81. The number of rotatable bonds is 8. The molecule has 1 amide bonds. The second kappa shape index (κ2) is 9.80. The molecule has 1 saturated carbocycles. The Hall–Kier alpha value is -1.39. The average molecular weight is 333 g/mol. The van der Waals surface area contributed by atoms with Crippen LogP contribution in [0.2, 0.25) is 0 Å². The monoisotopic (exact) mass is 333 g/mol. The third-order valence-electron chi connectivity index (χ3n) is 4.93. The van der Waals surface area contributed by atoms with Crippen molar-refractivity contribution in [1.29, 1.82) is 0 Å². The van der Waals surface area contributed by atoms with E-state index in [-0.39, 0.29) is 24.5 Å². The first-order chi connectivity index (χ1) is 11.6. The number of benzene rings is 1. The van der Waals surface area contributed by atoms with Crippen molar-refractivity contribution in [3.8, 4) is 0 Å². The smallest absolute Gasteiger partial charge is 0.248 e. The molecule has 2 rings (SSSR count). The van der Waals surface area contributed by atoms with Gasteiger partial charge in [-0.2, -0.15) is 0 Å². The molecule has 0 aromatic heterocycles. The van der Waals surface area contributed by atoms with E-state index in [1.54, 1.807) is 0 Å². The fraction of sp³-hybridized carbons (Fsp3) is 0.650. The molecule has 0 saturated heterocycles. The highest BCUT2D eigenvalue weighted by Crippen LogP contribution is 2.26. The summed E-state index contributed by atoms with van der Waals surface area (Å²) in [6.07, 6.45) is 4.98. The number of nitrogens with one attached hydrogen (secondary N) is 1. The number of hydrogen-bond acceptors (Lipinski definition) is 3. The summed E-state index contributed by atoms with van der Waals surface area (Å²) in [4.78, 5) is 12.3. The van der Waals surface area contributed by atoms with Crippen molar-refractivity contribution in [2.24, 2.45) is 5.92 Å². The topological polar surface area (TPSA) is 58.6 Å². The summed E-state index contributed by atoms with van der Waals surface area (Å²) in [6, 6.07) is 10.0. The summed E-state index contributed by atoms with van der Waals surface area (Å²) in [5.41, 5.74) is 1.14. The lowest BCUT2D eigenvalue weighted by Gasteiger charge is -2.29. The quantitative estimate of drug-likeness (QED) is 0.768. The van der Waals surface area contributed by atoms with Gasteiger partial charge in [-0.3, -0.25) is 4.79 Å². The van der Waals surface area contributed by atoms with Gasteiger partial charge in [-0.25, -0.2) is 0 Å². The largest absolute Gasteiger partial charge is 0.396 e. The van der Waals surface area contributed by atoms with Crippen LogP contribution in [-0.4, -0.2) is 36.4 Å². The van der Waals surface area contributed by atoms with Gasteiger partial charge < -0.3 is 15.2 Å². The van der Waals surface area contributed by atoms with Gasteiger partial charge in [0.2, 0.25) is 5.91 Å². The lowest BCUT2D eigenvalue weighted by molar-refractivity contribution is -0.137. The van der Waals surface area contributed by atoms with Crippen LogP contribution in [0, 0.1) is 5.92 Å². The number of amides is 1. The van der Waals surface area contributed by atoms with Crippen molar-refractivity contribution in [3.05, 3.63) is 35.9 Å². The maximum Gasteiger partial charge on any atom is 0.248 e. The third-order valence-corrected chi connectivity index (χ3v) is 4.93. The van der Waals surface area contributed by atoms with Crippen molar-refractivity contribution in [2.45, 2.75) is 64.1 Å². The number of carbonyl (C=O) groups is 1. The molecule has 4 heteroatoms. The molecular weight excluding hydrogens is 302 g/mol. The molecule has 0 bridgehead atoms. The molecule has 4 nitrogen and oxygen atoms in total. The number of ether oxygens (including phenoxy) is 1. The summed E-state index contributed by atoms with van der Waals surface area (Å²) < 4.78 is 5.96. The SMILES string of the molecule is CC1CCCC(OC(C)C(=O)NCC(CCO)c2ccccc2)C1. The van der Waals surface area contributed by atoms with Crippen LogP contribution in [-0.2, 0) is 9.53 Å². The van der Waals surface area contributed by atoms with Crippen molar-refractivity contribution >= 4 is 5.91 Å². The minimum Gasteiger partial charge on any atom is -0.396 e. The zero-order valence-corrected chi connectivity index (χ0v) is 14.9. The van der Waals surface area contributed by atoms with E-state index in [4.69, 9.17) is 4.74 Å². The lowest BCUT2D eigenvalue weighted by Crippen LogP contribution is -2.39. The molecule has 0 heterocycles. The molecule has 24 heavy (non-hydrogen) atoms. The predicted molar refractivity (Wildman–Crippen MR) is 95.9 cm³/mol. The Bertz CT molecular complexity index is 491. The Morgan fingerprint density at radius 1 is 1.33 bits per heavy atom. The molecule has 134 valence electrons. The van der Waals surface area contributed by atoms with Crippen LogP contribution >= 0.6 is 0 Å². The maximum absolute atomic E-state index is 12.3. The molecule has 1 aliphatic rings. The van der Waals surface area contributed by atoms with E-state index in [1.165, 1.54) is 12.8 Å². The van der Waals surface area contributed by atoms with Crippen LogP contribution in [0.15, 0.2) is 30.3 Å². The predicted octanol–water partition coefficient (Wildman–Crippen LogP) is 3.25. The zero-order valence-electron chi connectivity index (χ0n) is 14.9. The van der Waals surface area contributed by atoms with Crippen LogP contribution in [0.25, 0.3) is 0 Å². The van der Waals surface area contributed by atoms with Gasteiger partial charge in [0.15, 0.2) is 0 Å². The van der Waals surface area contributed by atoms with Gasteiger partial charge in [-0.05, 0) is 37.7 Å². The number of hydrogen-bond donors (Lipinski definition) is 2. The summed E-state index contributed by atoms with van der Waals surface area (Å²) >= 11 is 0. The summed E-state index contributed by atoms with van der Waals surface area (Å²) in [6.45, 7) is 4.72. The fourth-order valence-corrected chi connectivity index (χ4v) is 3.49. The van der Waals surface area contributed by atoms with E-state index >= 15 is 0 Å². The first-order valence-electron chi connectivity index (χ1n) is 9.19. The van der Waals surface area contributed by atoms with E-state index in [1.807, 2.05) is 37.3 Å². The van der Waals surface area contributed by atoms with Gasteiger partial charge in [0.25, 0.3) is 0 Å². The van der Waals surface area contributed by atoms with Crippen molar-refractivity contribution in [3.63, 3.8) is 0 Å². The van der Waals surface area contributed by atoms with Crippen LogP contribution < -0.4 is 5.32 Å². The van der Waals surface area contributed by atoms with Gasteiger partial charge in [0.1, 0.15) is 6.10 Å². The Morgan fingerprint density at radius 2 is 2.08 bits per heavy atom. The fourth-order valence-electron chi connectivity index (χ4n) is 3.49. The van der Waals surface area contributed by atoms with Crippen LogP contribution in [0.4, 0.5) is 0 Å². The number of aliphatic hydroxyl groups excluding tert-OH is 1. The molecule has 0 radical (unpaired) electrons. The highest BCUT2D eigenvalue weighted by Gasteiger charge is 2.24. The standard InChI is InChI=1S/C20H31NO3/c1-15-7-6-10-19(13-15)24-16(2)20(23)21-14-18(11-12-22)17-8-4-3-5-9-17/h3-5,8-9,15-16,18-19,22H,6-7,10-14H2,1-2H3,(H,21,23). The number of aliphatic hydroxyl groups is 1. The van der Waals surface area contributed by atoms with Crippen LogP contribution in [0.3, 0.4) is 0 Å². The van der Waals surface area contributed by atoms with Crippen LogP contribution in [0.1, 0.15) is 57.4 Å². The zero-order chi connectivity index (χ0) is 17.4. The highest BCUT2D eigenvalue weighted by atomic mass is 16.5. The summed E-state index contributed by atoms with van der Waals surface area (Å²) in [5, 5.41) is 12.3. The molecule has 1 aliphatic carbocycles. The highest BCUT2D eigenvalue weighted by molar-refractivity contribution is 5.80. The van der Waals surface area contributed by atoms with Gasteiger partial charge in [0.05, 0.1) is 6.10 Å². The van der Waals surface area contributed by atoms with Crippen molar-refractivity contribution < 1.29 is 14.6 Å². The Kier molecular flexibility index (Phi) is 7.73. The minimum atomic E-state index is -0.425. The second-order valence-electron chi connectivity index (χ2n) is 7.04. The van der Waals surface area contributed by atoms with Crippen molar-refractivity contribution in [2.75, 3.05) is 13.2 Å². The van der Waals surface area contributed by atoms with Gasteiger partial charge in [-0.1, -0.05) is 50.1 Å². The van der Waals surface area contributed by atoms with Gasteiger partial charge in [-0.15, -0.1) is 0 Å². The molecule has 1 fully saturated rings.